The van der Waals surface area contributed by atoms with E-state index in [0.29, 0.717) is 24.7 Å². The molecule has 2 aromatic rings. The zero-order valence-electron chi connectivity index (χ0n) is 16.3. The number of carbonyl (C=O) groups is 2. The minimum atomic E-state index is -0.348. The first-order valence-corrected chi connectivity index (χ1v) is 8.96. The van der Waals surface area contributed by atoms with Crippen molar-refractivity contribution in [1.29, 1.82) is 0 Å². The topological polar surface area (TPSA) is 99.0 Å². The van der Waals surface area contributed by atoms with E-state index >= 15 is 0 Å². The number of furan rings is 1. The Labute approximate surface area is 164 Å². The summed E-state index contributed by atoms with van der Waals surface area (Å²) in [4.78, 5) is 23.9. The van der Waals surface area contributed by atoms with E-state index in [4.69, 9.17) is 18.6 Å². The van der Waals surface area contributed by atoms with Gasteiger partial charge in [-0.05, 0) is 36.8 Å². The third-order valence-electron chi connectivity index (χ3n) is 3.99. The summed E-state index contributed by atoms with van der Waals surface area (Å²) in [5, 5.41) is 5.54. The average molecular weight is 390 g/mol. The van der Waals surface area contributed by atoms with Gasteiger partial charge in [-0.25, -0.2) is 0 Å². The van der Waals surface area contributed by atoms with Gasteiger partial charge in [0.25, 0.3) is 5.91 Å². The fourth-order valence-electron chi connectivity index (χ4n) is 2.49. The molecule has 1 aromatic carbocycles. The van der Waals surface area contributed by atoms with E-state index in [2.05, 4.69) is 10.6 Å². The molecule has 0 aliphatic carbocycles. The van der Waals surface area contributed by atoms with Crippen LogP contribution in [0, 0.1) is 0 Å². The SMILES string of the molecule is COCCOc1ccc(C(C)NC(=O)CCNC(=O)c2ccco2)cc1OC. The number of carbonyl (C=O) groups excluding carboxylic acids is 2. The molecule has 0 spiro atoms. The number of benzene rings is 1. The fraction of sp³-hybridized carbons (Fsp3) is 0.400. The van der Waals surface area contributed by atoms with Crippen LogP contribution in [0.4, 0.5) is 0 Å². The summed E-state index contributed by atoms with van der Waals surface area (Å²) in [5.74, 6) is 0.892. The van der Waals surface area contributed by atoms with E-state index in [1.54, 1.807) is 32.4 Å². The van der Waals surface area contributed by atoms with Crippen LogP contribution in [0.5, 0.6) is 11.5 Å². The van der Waals surface area contributed by atoms with E-state index < -0.39 is 0 Å². The molecule has 0 bridgehead atoms. The van der Waals surface area contributed by atoms with Gasteiger partial charge in [-0.15, -0.1) is 0 Å². The third kappa shape index (κ3) is 6.31. The first-order chi connectivity index (χ1) is 13.5. The normalized spacial score (nSPS) is 11.5. The summed E-state index contributed by atoms with van der Waals surface area (Å²) in [6.45, 7) is 2.99. The molecule has 152 valence electrons. The molecule has 0 saturated heterocycles. The van der Waals surface area contributed by atoms with Crippen molar-refractivity contribution in [2.24, 2.45) is 0 Å². The van der Waals surface area contributed by atoms with Gasteiger partial charge in [-0.1, -0.05) is 6.07 Å². The highest BCUT2D eigenvalue weighted by atomic mass is 16.5. The van der Waals surface area contributed by atoms with Crippen molar-refractivity contribution in [3.05, 3.63) is 47.9 Å². The third-order valence-corrected chi connectivity index (χ3v) is 3.99. The number of rotatable bonds is 11. The summed E-state index contributed by atoms with van der Waals surface area (Å²) in [6.07, 6.45) is 1.58. The zero-order chi connectivity index (χ0) is 20.4. The van der Waals surface area contributed by atoms with Gasteiger partial charge in [0.2, 0.25) is 5.91 Å². The lowest BCUT2D eigenvalue weighted by atomic mass is 10.1. The van der Waals surface area contributed by atoms with E-state index in [0.717, 1.165) is 5.56 Å². The Morgan fingerprint density at radius 2 is 1.96 bits per heavy atom. The maximum absolute atomic E-state index is 12.1. The maximum atomic E-state index is 12.1. The van der Waals surface area contributed by atoms with Gasteiger partial charge in [0.05, 0.1) is 26.0 Å². The van der Waals surface area contributed by atoms with E-state index in [1.165, 1.54) is 6.26 Å². The number of methoxy groups -OCH3 is 2. The summed E-state index contributed by atoms with van der Waals surface area (Å²) >= 11 is 0. The Hall–Kier alpha value is -3.00. The van der Waals surface area contributed by atoms with E-state index in [9.17, 15) is 9.59 Å². The van der Waals surface area contributed by atoms with Gasteiger partial charge >= 0.3 is 0 Å². The standard InChI is InChI=1S/C20H26N2O6/c1-14(15-6-7-16(18(13-15)26-3)28-12-11-25-2)22-19(23)8-9-21-20(24)17-5-4-10-27-17/h4-7,10,13-14H,8-9,11-12H2,1-3H3,(H,21,24)(H,22,23). The van der Waals surface area contributed by atoms with E-state index in [1.807, 2.05) is 19.1 Å². The highest BCUT2D eigenvalue weighted by molar-refractivity contribution is 5.91. The summed E-state index contributed by atoms with van der Waals surface area (Å²) in [7, 11) is 3.17. The zero-order valence-corrected chi connectivity index (χ0v) is 16.3. The molecular weight excluding hydrogens is 364 g/mol. The number of hydrogen-bond acceptors (Lipinski definition) is 6. The van der Waals surface area contributed by atoms with E-state index in [-0.39, 0.29) is 36.6 Å². The predicted octanol–water partition coefficient (Wildman–Crippen LogP) is 2.31. The molecule has 0 radical (unpaired) electrons. The van der Waals surface area contributed by atoms with Gasteiger partial charge in [-0.2, -0.15) is 0 Å². The predicted molar refractivity (Wildman–Crippen MR) is 103 cm³/mol. The van der Waals surface area contributed by atoms with Gasteiger partial charge in [0.1, 0.15) is 6.61 Å². The molecule has 2 rings (SSSR count). The fourth-order valence-corrected chi connectivity index (χ4v) is 2.49. The molecule has 2 N–H and O–H groups in total. The first kappa shape index (κ1) is 21.3. The van der Waals surface area contributed by atoms with Crippen molar-refractivity contribution < 1.29 is 28.2 Å². The van der Waals surface area contributed by atoms with Crippen LogP contribution >= 0.6 is 0 Å². The molecule has 0 saturated carbocycles. The Morgan fingerprint density at radius 1 is 1.14 bits per heavy atom. The van der Waals surface area contributed by atoms with Crippen LogP contribution in [0.3, 0.4) is 0 Å². The van der Waals surface area contributed by atoms with Gasteiger partial charge in [0.15, 0.2) is 17.3 Å². The van der Waals surface area contributed by atoms with Crippen molar-refractivity contribution in [3.8, 4) is 11.5 Å². The number of amides is 2. The highest BCUT2D eigenvalue weighted by Crippen LogP contribution is 2.30. The van der Waals surface area contributed by atoms with Crippen molar-refractivity contribution in [3.63, 3.8) is 0 Å². The second-order valence-corrected chi connectivity index (χ2v) is 6.02. The highest BCUT2D eigenvalue weighted by Gasteiger charge is 2.14. The molecule has 0 fully saturated rings. The Balaban J connectivity index is 1.83. The molecule has 1 aromatic heterocycles. The monoisotopic (exact) mass is 390 g/mol. The van der Waals surface area contributed by atoms with Gasteiger partial charge in [0, 0.05) is 20.1 Å². The summed E-state index contributed by atoms with van der Waals surface area (Å²) in [6, 6.07) is 8.46. The van der Waals surface area contributed by atoms with Crippen molar-refractivity contribution in [1.82, 2.24) is 10.6 Å². The summed E-state index contributed by atoms with van der Waals surface area (Å²) in [5.41, 5.74) is 0.879. The molecular formula is C20H26N2O6. The maximum Gasteiger partial charge on any atom is 0.286 e. The molecule has 0 aliphatic heterocycles. The van der Waals surface area contributed by atoms with Gasteiger partial charge < -0.3 is 29.3 Å². The van der Waals surface area contributed by atoms with Crippen LogP contribution in [0.2, 0.25) is 0 Å². The molecule has 0 aliphatic rings. The number of ether oxygens (including phenoxy) is 3. The smallest absolute Gasteiger partial charge is 0.286 e. The van der Waals surface area contributed by atoms with Crippen LogP contribution < -0.4 is 20.1 Å². The largest absolute Gasteiger partial charge is 0.493 e. The van der Waals surface area contributed by atoms with Crippen molar-refractivity contribution in [2.75, 3.05) is 34.0 Å². The lowest BCUT2D eigenvalue weighted by Crippen LogP contribution is -2.32. The quantitative estimate of drug-likeness (QED) is 0.571. The first-order valence-electron chi connectivity index (χ1n) is 8.96. The molecule has 1 unspecified atom stereocenters. The average Bonchev–Trinajstić information content (AvgIpc) is 3.23. The van der Waals surface area contributed by atoms with Crippen LogP contribution in [-0.4, -0.2) is 45.8 Å². The minimum absolute atomic E-state index is 0.159. The van der Waals surface area contributed by atoms with Crippen LogP contribution in [0.1, 0.15) is 35.5 Å². The van der Waals surface area contributed by atoms with Crippen LogP contribution in [0.15, 0.2) is 41.0 Å². The molecule has 1 atom stereocenters. The second kappa shape index (κ2) is 11.0. The minimum Gasteiger partial charge on any atom is -0.493 e. The van der Waals surface area contributed by atoms with Crippen LogP contribution in [-0.2, 0) is 9.53 Å². The number of hydrogen-bond donors (Lipinski definition) is 2. The number of nitrogens with one attached hydrogen (secondary N) is 2. The molecule has 28 heavy (non-hydrogen) atoms. The van der Waals surface area contributed by atoms with Crippen molar-refractivity contribution >= 4 is 11.8 Å². The van der Waals surface area contributed by atoms with Crippen LogP contribution in [0.25, 0.3) is 0 Å². The second-order valence-electron chi connectivity index (χ2n) is 6.02. The molecule has 8 heteroatoms. The Kier molecular flexibility index (Phi) is 8.36. The Morgan fingerprint density at radius 3 is 2.64 bits per heavy atom. The Bertz CT molecular complexity index is 760. The van der Waals surface area contributed by atoms with Crippen molar-refractivity contribution in [2.45, 2.75) is 19.4 Å². The lowest BCUT2D eigenvalue weighted by molar-refractivity contribution is -0.121. The summed E-state index contributed by atoms with van der Waals surface area (Å²) < 4.78 is 20.9. The molecule has 8 nitrogen and oxygen atoms in total. The molecule has 1 heterocycles. The molecule has 2 amide bonds. The van der Waals surface area contributed by atoms with Gasteiger partial charge in [-0.3, -0.25) is 9.59 Å². The lowest BCUT2D eigenvalue weighted by Gasteiger charge is -2.17.